The van der Waals surface area contributed by atoms with Gasteiger partial charge in [-0.05, 0) is 13.3 Å². The van der Waals surface area contributed by atoms with Gasteiger partial charge in [0.2, 0.25) is 0 Å². The molecule has 2 unspecified atom stereocenters. The van der Waals surface area contributed by atoms with E-state index in [0.29, 0.717) is 5.92 Å². The van der Waals surface area contributed by atoms with E-state index in [1.165, 1.54) is 5.57 Å². The fourth-order valence-electron chi connectivity index (χ4n) is 1.77. The number of hydrogen-bond donors (Lipinski definition) is 2. The lowest BCUT2D eigenvalue weighted by molar-refractivity contribution is 0.305. The molecular weight excluding hydrogens is 148 g/mol. The fourth-order valence-corrected chi connectivity index (χ4v) is 1.77. The van der Waals surface area contributed by atoms with Crippen LogP contribution < -0.4 is 11.3 Å². The largest absolute Gasteiger partial charge is 0.271 e. The molecule has 2 nitrogen and oxygen atoms in total. The quantitative estimate of drug-likeness (QED) is 0.484. The lowest BCUT2D eigenvalue weighted by atomic mass is 9.76. The van der Waals surface area contributed by atoms with Crippen LogP contribution in [-0.4, -0.2) is 5.54 Å². The summed E-state index contributed by atoms with van der Waals surface area (Å²) in [6.07, 6.45) is 7.41. The van der Waals surface area contributed by atoms with Gasteiger partial charge in [-0.2, -0.15) is 0 Å². The maximum atomic E-state index is 5.57. The predicted octanol–water partition coefficient (Wildman–Crippen LogP) is 1.75. The van der Waals surface area contributed by atoms with E-state index in [9.17, 15) is 0 Å². The molecule has 12 heavy (non-hydrogen) atoms. The highest BCUT2D eigenvalue weighted by Gasteiger charge is 2.32. The van der Waals surface area contributed by atoms with Crippen molar-refractivity contribution in [1.29, 1.82) is 0 Å². The number of hydrazine groups is 1. The summed E-state index contributed by atoms with van der Waals surface area (Å²) in [6.45, 7) is 6.51. The van der Waals surface area contributed by atoms with Gasteiger partial charge in [0, 0.05) is 5.92 Å². The van der Waals surface area contributed by atoms with E-state index in [2.05, 4.69) is 44.4 Å². The molecule has 68 valence electrons. The van der Waals surface area contributed by atoms with Crippen molar-refractivity contribution in [3.05, 3.63) is 23.8 Å². The first-order valence-corrected chi connectivity index (χ1v) is 4.50. The van der Waals surface area contributed by atoms with Crippen LogP contribution in [0.5, 0.6) is 0 Å². The lowest BCUT2D eigenvalue weighted by Crippen LogP contribution is -2.53. The molecule has 0 heterocycles. The Kier molecular flexibility index (Phi) is 2.70. The Bertz CT molecular complexity index is 212. The second kappa shape index (κ2) is 3.42. The molecule has 0 aromatic rings. The molecule has 0 amide bonds. The Labute approximate surface area is 74.5 Å². The van der Waals surface area contributed by atoms with Crippen molar-refractivity contribution in [2.75, 3.05) is 0 Å². The molecule has 0 saturated heterocycles. The van der Waals surface area contributed by atoms with Gasteiger partial charge in [0.15, 0.2) is 0 Å². The first kappa shape index (κ1) is 9.49. The van der Waals surface area contributed by atoms with Crippen LogP contribution in [0.15, 0.2) is 23.8 Å². The van der Waals surface area contributed by atoms with Crippen molar-refractivity contribution in [2.45, 2.75) is 32.7 Å². The van der Waals surface area contributed by atoms with E-state index in [1.807, 2.05) is 0 Å². The summed E-state index contributed by atoms with van der Waals surface area (Å²) in [6, 6.07) is 0. The van der Waals surface area contributed by atoms with Crippen molar-refractivity contribution in [1.82, 2.24) is 5.43 Å². The molecule has 1 rings (SSSR count). The second-order valence-corrected chi connectivity index (χ2v) is 3.53. The van der Waals surface area contributed by atoms with Gasteiger partial charge in [-0.25, -0.2) is 5.43 Å². The van der Waals surface area contributed by atoms with Gasteiger partial charge in [0.1, 0.15) is 0 Å². The van der Waals surface area contributed by atoms with Crippen LogP contribution in [-0.2, 0) is 0 Å². The molecule has 0 fully saturated rings. The molecule has 2 heteroatoms. The summed E-state index contributed by atoms with van der Waals surface area (Å²) < 4.78 is 0. The lowest BCUT2D eigenvalue weighted by Gasteiger charge is -2.37. The molecule has 0 saturated carbocycles. The molecule has 0 aromatic heterocycles. The van der Waals surface area contributed by atoms with Gasteiger partial charge >= 0.3 is 0 Å². The predicted molar refractivity (Wildman–Crippen MR) is 52.4 cm³/mol. The van der Waals surface area contributed by atoms with E-state index in [1.54, 1.807) is 0 Å². The van der Waals surface area contributed by atoms with Gasteiger partial charge in [-0.1, -0.05) is 37.6 Å². The van der Waals surface area contributed by atoms with Crippen LogP contribution in [0.4, 0.5) is 0 Å². The highest BCUT2D eigenvalue weighted by atomic mass is 15.3. The Morgan fingerprint density at radius 3 is 2.75 bits per heavy atom. The number of nitrogens with two attached hydrogens (primary N) is 1. The van der Waals surface area contributed by atoms with Crippen molar-refractivity contribution in [2.24, 2.45) is 11.8 Å². The molecule has 1 aliphatic carbocycles. The zero-order valence-electron chi connectivity index (χ0n) is 8.09. The Morgan fingerprint density at radius 2 is 2.33 bits per heavy atom. The smallest absolute Gasteiger partial charge is 0.0563 e. The van der Waals surface area contributed by atoms with Crippen LogP contribution in [0.1, 0.15) is 27.2 Å². The first-order valence-electron chi connectivity index (χ1n) is 4.50. The second-order valence-electron chi connectivity index (χ2n) is 3.53. The number of rotatable bonds is 2. The zero-order valence-corrected chi connectivity index (χ0v) is 8.09. The average molecular weight is 166 g/mol. The zero-order chi connectivity index (χ0) is 9.19. The summed E-state index contributed by atoms with van der Waals surface area (Å²) in [5.41, 5.74) is 4.28. The van der Waals surface area contributed by atoms with Crippen LogP contribution in [0, 0.1) is 5.92 Å². The third-order valence-electron chi connectivity index (χ3n) is 3.06. The van der Waals surface area contributed by atoms with E-state index in [4.69, 9.17) is 5.84 Å². The van der Waals surface area contributed by atoms with Crippen LogP contribution in [0.3, 0.4) is 0 Å². The van der Waals surface area contributed by atoms with E-state index in [0.717, 1.165) is 6.42 Å². The summed E-state index contributed by atoms with van der Waals surface area (Å²) in [5, 5.41) is 0. The maximum absolute atomic E-state index is 5.57. The minimum absolute atomic E-state index is 0.0289. The standard InChI is InChI=1S/C10H18N2/c1-4-10(12-11)7-5-6-8(2)9(10)3/h5-7,9,12H,4,11H2,1-3H3. The topological polar surface area (TPSA) is 38.0 Å². The van der Waals surface area contributed by atoms with Gasteiger partial charge in [-0.15, -0.1) is 0 Å². The monoisotopic (exact) mass is 166 g/mol. The fraction of sp³-hybridized carbons (Fsp3) is 0.600. The summed E-state index contributed by atoms with van der Waals surface area (Å²) >= 11 is 0. The molecule has 2 atom stereocenters. The van der Waals surface area contributed by atoms with Crippen LogP contribution in [0.25, 0.3) is 0 Å². The number of nitrogens with one attached hydrogen (secondary N) is 1. The highest BCUT2D eigenvalue weighted by Crippen LogP contribution is 2.31. The molecule has 0 radical (unpaired) electrons. The van der Waals surface area contributed by atoms with Gasteiger partial charge < -0.3 is 0 Å². The van der Waals surface area contributed by atoms with E-state index < -0.39 is 0 Å². The normalized spacial score (nSPS) is 35.0. The third kappa shape index (κ3) is 1.32. The Morgan fingerprint density at radius 1 is 1.67 bits per heavy atom. The molecule has 0 spiro atoms. The Balaban J connectivity index is 2.93. The highest BCUT2D eigenvalue weighted by molar-refractivity contribution is 5.28. The molecule has 1 aliphatic rings. The van der Waals surface area contributed by atoms with Crippen molar-refractivity contribution < 1.29 is 0 Å². The minimum Gasteiger partial charge on any atom is -0.271 e. The number of hydrogen-bond acceptors (Lipinski definition) is 2. The van der Waals surface area contributed by atoms with Crippen molar-refractivity contribution in [3.63, 3.8) is 0 Å². The van der Waals surface area contributed by atoms with Gasteiger partial charge in [0.25, 0.3) is 0 Å². The van der Waals surface area contributed by atoms with Crippen LogP contribution >= 0.6 is 0 Å². The molecular formula is C10H18N2. The van der Waals surface area contributed by atoms with Gasteiger partial charge in [0.05, 0.1) is 5.54 Å². The average Bonchev–Trinajstić information content (AvgIpc) is 2.11. The Hall–Kier alpha value is -0.600. The first-order chi connectivity index (χ1) is 5.66. The summed E-state index contributed by atoms with van der Waals surface area (Å²) in [7, 11) is 0. The number of allylic oxidation sites excluding steroid dienone is 2. The SMILES string of the molecule is CCC1(NN)C=CC=C(C)C1C. The van der Waals surface area contributed by atoms with Crippen LogP contribution in [0.2, 0.25) is 0 Å². The summed E-state index contributed by atoms with van der Waals surface area (Å²) in [5.74, 6) is 6.06. The van der Waals surface area contributed by atoms with E-state index in [-0.39, 0.29) is 5.54 Å². The molecule has 0 bridgehead atoms. The summed E-state index contributed by atoms with van der Waals surface area (Å²) in [4.78, 5) is 0. The van der Waals surface area contributed by atoms with Crippen molar-refractivity contribution in [3.8, 4) is 0 Å². The molecule has 0 aliphatic heterocycles. The molecule has 3 N–H and O–H groups in total. The molecule has 0 aromatic carbocycles. The third-order valence-corrected chi connectivity index (χ3v) is 3.06. The van der Waals surface area contributed by atoms with Gasteiger partial charge in [-0.3, -0.25) is 5.84 Å². The van der Waals surface area contributed by atoms with Crippen molar-refractivity contribution >= 4 is 0 Å². The minimum atomic E-state index is -0.0289. The van der Waals surface area contributed by atoms with E-state index >= 15 is 0 Å². The maximum Gasteiger partial charge on any atom is 0.0563 e.